The lowest BCUT2D eigenvalue weighted by atomic mass is 10.1. The predicted octanol–water partition coefficient (Wildman–Crippen LogP) is 1.94. The fourth-order valence-electron chi connectivity index (χ4n) is 3.09. The third-order valence-electron chi connectivity index (χ3n) is 4.39. The average molecular weight is 374 g/mol. The molecular formula is C17H21F3N2O4. The molecule has 0 aliphatic carbocycles. The molecule has 2 fully saturated rings. The number of amides is 1. The van der Waals surface area contributed by atoms with Gasteiger partial charge in [-0.05, 0) is 36.6 Å². The van der Waals surface area contributed by atoms with Crippen LogP contribution >= 0.6 is 0 Å². The third-order valence-corrected chi connectivity index (χ3v) is 4.39. The van der Waals surface area contributed by atoms with Gasteiger partial charge in [-0.2, -0.15) is 0 Å². The number of alkyl halides is 3. The molecule has 0 bridgehead atoms. The summed E-state index contributed by atoms with van der Waals surface area (Å²) in [6.07, 6.45) is -4.35. The zero-order valence-electron chi connectivity index (χ0n) is 14.1. The van der Waals surface area contributed by atoms with Gasteiger partial charge in [-0.15, -0.1) is 13.2 Å². The summed E-state index contributed by atoms with van der Waals surface area (Å²) in [4.78, 5) is 14.1. The second-order valence-corrected chi connectivity index (χ2v) is 6.32. The minimum Gasteiger partial charge on any atom is -0.406 e. The topological polar surface area (TPSA) is 60.0 Å². The summed E-state index contributed by atoms with van der Waals surface area (Å²) in [7, 11) is 0. The van der Waals surface area contributed by atoms with Crippen LogP contribution in [0.15, 0.2) is 24.3 Å². The van der Waals surface area contributed by atoms with Crippen molar-refractivity contribution < 1.29 is 32.2 Å². The molecule has 1 N–H and O–H groups in total. The van der Waals surface area contributed by atoms with Gasteiger partial charge in [0.2, 0.25) is 0 Å². The van der Waals surface area contributed by atoms with E-state index in [0.29, 0.717) is 19.8 Å². The molecule has 26 heavy (non-hydrogen) atoms. The van der Waals surface area contributed by atoms with E-state index >= 15 is 0 Å². The molecule has 1 aromatic rings. The molecule has 1 aromatic carbocycles. The molecule has 2 saturated heterocycles. The minimum absolute atomic E-state index is 0.170. The van der Waals surface area contributed by atoms with Gasteiger partial charge in [-0.3, -0.25) is 4.79 Å². The molecule has 6 nitrogen and oxygen atoms in total. The fraction of sp³-hybridized carbons (Fsp3) is 0.588. The maximum absolute atomic E-state index is 12.2. The Morgan fingerprint density at radius 2 is 2.04 bits per heavy atom. The summed E-state index contributed by atoms with van der Waals surface area (Å²) in [5.74, 6) is -0.134. The number of rotatable bonds is 5. The number of hydrogen-bond acceptors (Lipinski definition) is 5. The average Bonchev–Trinajstić information content (AvgIpc) is 3.09. The summed E-state index contributed by atoms with van der Waals surface area (Å²) in [5.41, 5.74) is 0.831. The number of halogens is 3. The maximum Gasteiger partial charge on any atom is 0.573 e. The van der Waals surface area contributed by atoms with Crippen LogP contribution in [0.25, 0.3) is 0 Å². The van der Waals surface area contributed by atoms with Gasteiger partial charge >= 0.3 is 6.36 Å². The number of anilines is 1. The predicted molar refractivity (Wildman–Crippen MR) is 87.0 cm³/mol. The number of nitrogens with zero attached hydrogens (tertiary/aromatic N) is 1. The van der Waals surface area contributed by atoms with Gasteiger partial charge in [0.25, 0.3) is 5.91 Å². The first-order chi connectivity index (χ1) is 12.4. The van der Waals surface area contributed by atoms with Crippen LogP contribution in [0.2, 0.25) is 0 Å². The Bertz CT molecular complexity index is 603. The zero-order valence-corrected chi connectivity index (χ0v) is 14.1. The SMILES string of the molecule is O=C(NCC1CCN(c2ccc(OC(F)(F)F)cc2)C1)C1COCCO1. The summed E-state index contributed by atoms with van der Waals surface area (Å²) >= 11 is 0. The van der Waals surface area contributed by atoms with Gasteiger partial charge in [0.1, 0.15) is 5.75 Å². The lowest BCUT2D eigenvalue weighted by Crippen LogP contribution is -2.44. The highest BCUT2D eigenvalue weighted by atomic mass is 19.4. The lowest BCUT2D eigenvalue weighted by Gasteiger charge is -2.23. The molecule has 2 heterocycles. The summed E-state index contributed by atoms with van der Waals surface area (Å²) in [6, 6.07) is 5.82. The standard InChI is InChI=1S/C17H21F3N2O4/c18-17(19,20)26-14-3-1-13(2-4-14)22-6-5-12(10-22)9-21-16(23)15-11-24-7-8-25-15/h1-4,12,15H,5-11H2,(H,21,23). The van der Waals surface area contributed by atoms with E-state index in [0.717, 1.165) is 25.2 Å². The van der Waals surface area contributed by atoms with E-state index in [1.54, 1.807) is 12.1 Å². The zero-order chi connectivity index (χ0) is 18.6. The van der Waals surface area contributed by atoms with Crippen molar-refractivity contribution in [3.8, 4) is 5.75 Å². The van der Waals surface area contributed by atoms with Gasteiger partial charge in [-0.1, -0.05) is 0 Å². The van der Waals surface area contributed by atoms with Crippen molar-refractivity contribution in [2.24, 2.45) is 5.92 Å². The fourth-order valence-corrected chi connectivity index (χ4v) is 3.09. The van der Waals surface area contributed by atoms with E-state index in [-0.39, 0.29) is 24.2 Å². The van der Waals surface area contributed by atoms with Crippen LogP contribution in [-0.4, -0.2) is 57.8 Å². The first-order valence-corrected chi connectivity index (χ1v) is 8.48. The largest absolute Gasteiger partial charge is 0.573 e. The summed E-state index contributed by atoms with van der Waals surface area (Å²) < 4.78 is 51.0. The Kier molecular flexibility index (Phi) is 5.87. The Labute approximate surface area is 149 Å². The normalized spacial score (nSPS) is 23.7. The molecule has 2 atom stereocenters. The Morgan fingerprint density at radius 3 is 2.69 bits per heavy atom. The number of ether oxygens (including phenoxy) is 3. The molecule has 3 rings (SSSR count). The monoisotopic (exact) mass is 374 g/mol. The Balaban J connectivity index is 1.45. The highest BCUT2D eigenvalue weighted by molar-refractivity contribution is 5.81. The first-order valence-electron chi connectivity index (χ1n) is 8.48. The minimum atomic E-state index is -4.69. The van der Waals surface area contributed by atoms with Crippen LogP contribution in [0.5, 0.6) is 5.75 Å². The van der Waals surface area contributed by atoms with Crippen molar-refractivity contribution in [3.63, 3.8) is 0 Å². The molecule has 9 heteroatoms. The molecule has 2 aliphatic heterocycles. The maximum atomic E-state index is 12.2. The van der Waals surface area contributed by atoms with Crippen molar-refractivity contribution >= 4 is 11.6 Å². The number of carbonyl (C=O) groups excluding carboxylic acids is 1. The van der Waals surface area contributed by atoms with Crippen molar-refractivity contribution in [1.82, 2.24) is 5.32 Å². The van der Waals surface area contributed by atoms with Gasteiger partial charge in [-0.25, -0.2) is 0 Å². The number of carbonyl (C=O) groups is 1. The van der Waals surface area contributed by atoms with E-state index in [1.165, 1.54) is 12.1 Å². The van der Waals surface area contributed by atoms with E-state index in [2.05, 4.69) is 15.0 Å². The summed E-state index contributed by atoms with van der Waals surface area (Å²) in [6.45, 7) is 3.24. The van der Waals surface area contributed by atoms with E-state index in [9.17, 15) is 18.0 Å². The van der Waals surface area contributed by atoms with Crippen molar-refractivity contribution in [2.75, 3.05) is 44.4 Å². The van der Waals surface area contributed by atoms with Crippen LogP contribution in [0.4, 0.5) is 18.9 Å². The highest BCUT2D eigenvalue weighted by Crippen LogP contribution is 2.28. The molecule has 2 aliphatic rings. The molecule has 144 valence electrons. The van der Waals surface area contributed by atoms with Crippen molar-refractivity contribution in [2.45, 2.75) is 18.9 Å². The van der Waals surface area contributed by atoms with Gasteiger partial charge in [0.15, 0.2) is 6.10 Å². The van der Waals surface area contributed by atoms with Gasteiger partial charge in [0, 0.05) is 25.3 Å². The van der Waals surface area contributed by atoms with Gasteiger partial charge in [0.05, 0.1) is 19.8 Å². The van der Waals surface area contributed by atoms with Crippen LogP contribution in [-0.2, 0) is 14.3 Å². The molecule has 0 spiro atoms. The Hall–Kier alpha value is -2.00. The van der Waals surface area contributed by atoms with E-state index < -0.39 is 12.5 Å². The molecule has 0 radical (unpaired) electrons. The molecular weight excluding hydrogens is 353 g/mol. The smallest absolute Gasteiger partial charge is 0.406 e. The van der Waals surface area contributed by atoms with Crippen molar-refractivity contribution in [1.29, 1.82) is 0 Å². The third kappa shape index (κ3) is 5.25. The lowest BCUT2D eigenvalue weighted by molar-refractivity contribution is -0.274. The quantitative estimate of drug-likeness (QED) is 0.854. The second kappa shape index (κ2) is 8.13. The number of benzene rings is 1. The van der Waals surface area contributed by atoms with Crippen molar-refractivity contribution in [3.05, 3.63) is 24.3 Å². The van der Waals surface area contributed by atoms with Gasteiger partial charge < -0.3 is 24.4 Å². The summed E-state index contributed by atoms with van der Waals surface area (Å²) in [5, 5.41) is 2.89. The molecule has 0 aromatic heterocycles. The first kappa shape index (κ1) is 18.8. The number of nitrogens with one attached hydrogen (secondary N) is 1. The van der Waals surface area contributed by atoms with Crippen LogP contribution in [0, 0.1) is 5.92 Å². The second-order valence-electron chi connectivity index (χ2n) is 6.32. The molecule has 2 unspecified atom stereocenters. The van der Waals surface area contributed by atoms with Crippen LogP contribution in [0.1, 0.15) is 6.42 Å². The van der Waals surface area contributed by atoms with E-state index in [4.69, 9.17) is 9.47 Å². The molecule has 0 saturated carbocycles. The highest BCUT2D eigenvalue weighted by Gasteiger charge is 2.31. The molecule has 1 amide bonds. The van der Waals surface area contributed by atoms with Crippen LogP contribution in [0.3, 0.4) is 0 Å². The number of hydrogen-bond donors (Lipinski definition) is 1. The Morgan fingerprint density at radius 1 is 1.27 bits per heavy atom. The van der Waals surface area contributed by atoms with Crippen LogP contribution < -0.4 is 15.0 Å². The van der Waals surface area contributed by atoms with E-state index in [1.807, 2.05) is 0 Å².